The molecule has 0 saturated heterocycles. The van der Waals surface area contributed by atoms with Crippen LogP contribution in [0.25, 0.3) is 0 Å². The molecule has 2 aromatic carbocycles. The first kappa shape index (κ1) is 17.1. The molecule has 0 spiro atoms. The fourth-order valence-corrected chi connectivity index (χ4v) is 2.06. The molecule has 0 amide bonds. The van der Waals surface area contributed by atoms with Crippen molar-refractivity contribution in [3.05, 3.63) is 63.7 Å². The molecule has 124 valence electrons. The van der Waals surface area contributed by atoms with Crippen LogP contribution in [0.2, 0.25) is 0 Å². The number of ether oxygens (including phenoxy) is 2. The Bertz CT molecular complexity index is 771. The Labute approximate surface area is 138 Å². The molecule has 0 atom stereocenters. The maximum Gasteiger partial charge on any atom is 0.310 e. The Morgan fingerprint density at radius 1 is 1.25 bits per heavy atom. The van der Waals surface area contributed by atoms with Gasteiger partial charge in [-0.05, 0) is 30.7 Å². The summed E-state index contributed by atoms with van der Waals surface area (Å²) in [5.41, 5.74) is 0.570. The maximum absolute atomic E-state index is 11.5. The predicted molar refractivity (Wildman–Crippen MR) is 85.3 cm³/mol. The summed E-state index contributed by atoms with van der Waals surface area (Å²) in [5.74, 6) is 0.260. The van der Waals surface area contributed by atoms with Gasteiger partial charge in [-0.2, -0.15) is 0 Å². The number of aldehydes is 1. The first-order valence-corrected chi connectivity index (χ1v) is 7.19. The van der Waals surface area contributed by atoms with Gasteiger partial charge in [0, 0.05) is 12.1 Å². The second kappa shape index (κ2) is 7.87. The molecule has 7 nitrogen and oxygen atoms in total. The van der Waals surface area contributed by atoms with Crippen LogP contribution in [0.3, 0.4) is 0 Å². The molecular formula is C17H15NO6. The lowest BCUT2D eigenvalue weighted by Crippen LogP contribution is -2.07. The molecule has 2 aromatic rings. The number of esters is 1. The number of non-ortho nitro benzene ring substituents is 1. The Balaban J connectivity index is 2.20. The lowest BCUT2D eigenvalue weighted by molar-refractivity contribution is -0.384. The highest BCUT2D eigenvalue weighted by molar-refractivity contribution is 5.81. The summed E-state index contributed by atoms with van der Waals surface area (Å²) in [6.07, 6.45) is 0.594. The Kier molecular flexibility index (Phi) is 5.62. The number of hydrogen-bond acceptors (Lipinski definition) is 6. The monoisotopic (exact) mass is 329 g/mol. The molecule has 2 rings (SSSR count). The average molecular weight is 329 g/mol. The van der Waals surface area contributed by atoms with Crippen molar-refractivity contribution >= 4 is 17.9 Å². The molecule has 24 heavy (non-hydrogen) atoms. The molecular weight excluding hydrogens is 314 g/mol. The van der Waals surface area contributed by atoms with E-state index < -0.39 is 4.92 Å². The van der Waals surface area contributed by atoms with Gasteiger partial charge in [0.15, 0.2) is 6.29 Å². The molecule has 0 bridgehead atoms. The summed E-state index contributed by atoms with van der Waals surface area (Å²) in [5, 5.41) is 10.7. The topological polar surface area (TPSA) is 95.7 Å². The first-order chi connectivity index (χ1) is 11.5. The zero-order chi connectivity index (χ0) is 17.5. The van der Waals surface area contributed by atoms with E-state index in [0.717, 1.165) is 6.07 Å². The molecule has 0 unspecified atom stereocenters. The molecule has 0 N–H and O–H groups in total. The van der Waals surface area contributed by atoms with E-state index in [1.54, 1.807) is 31.2 Å². The van der Waals surface area contributed by atoms with Crippen molar-refractivity contribution in [3.63, 3.8) is 0 Å². The third kappa shape index (κ3) is 4.39. The second-order valence-electron chi connectivity index (χ2n) is 4.83. The number of nitrogens with zero attached hydrogens (tertiary/aromatic N) is 1. The van der Waals surface area contributed by atoms with Gasteiger partial charge in [-0.1, -0.05) is 12.1 Å². The smallest absolute Gasteiger partial charge is 0.310 e. The summed E-state index contributed by atoms with van der Waals surface area (Å²) < 4.78 is 10.5. The van der Waals surface area contributed by atoms with Crippen LogP contribution >= 0.6 is 0 Å². The Hall–Kier alpha value is -3.22. The third-order valence-corrected chi connectivity index (χ3v) is 3.11. The van der Waals surface area contributed by atoms with E-state index in [-0.39, 0.29) is 29.4 Å². The lowest BCUT2D eigenvalue weighted by Gasteiger charge is -2.09. The fourth-order valence-electron chi connectivity index (χ4n) is 2.06. The average Bonchev–Trinajstić information content (AvgIpc) is 2.55. The van der Waals surface area contributed by atoms with Crippen LogP contribution in [0, 0.1) is 10.1 Å². The number of hydrogen-bond donors (Lipinski definition) is 0. The minimum Gasteiger partial charge on any atom is -0.466 e. The highest BCUT2D eigenvalue weighted by atomic mass is 16.6. The second-order valence-corrected chi connectivity index (χ2v) is 4.83. The number of nitro groups is 1. The van der Waals surface area contributed by atoms with Crippen LogP contribution in [-0.4, -0.2) is 23.8 Å². The van der Waals surface area contributed by atoms with Gasteiger partial charge in [0.25, 0.3) is 5.69 Å². The van der Waals surface area contributed by atoms with Gasteiger partial charge in [0.2, 0.25) is 0 Å². The molecule has 0 saturated carbocycles. The number of benzene rings is 2. The van der Waals surface area contributed by atoms with Crippen molar-refractivity contribution in [1.82, 2.24) is 0 Å². The molecule has 0 fully saturated rings. The summed E-state index contributed by atoms with van der Waals surface area (Å²) in [4.78, 5) is 32.8. The molecule has 0 heterocycles. The molecule has 0 aliphatic rings. The van der Waals surface area contributed by atoms with Gasteiger partial charge < -0.3 is 9.47 Å². The van der Waals surface area contributed by atoms with E-state index in [9.17, 15) is 19.7 Å². The van der Waals surface area contributed by atoms with Gasteiger partial charge in [-0.25, -0.2) is 0 Å². The number of rotatable bonds is 7. The van der Waals surface area contributed by atoms with E-state index in [0.29, 0.717) is 24.2 Å². The number of carbonyl (C=O) groups excluding carboxylic acids is 2. The normalized spacial score (nSPS) is 10.0. The Morgan fingerprint density at radius 2 is 2.04 bits per heavy atom. The number of nitro benzene ring substituents is 1. The van der Waals surface area contributed by atoms with Crippen LogP contribution in [0.15, 0.2) is 42.5 Å². The van der Waals surface area contributed by atoms with Gasteiger partial charge in [0.1, 0.15) is 11.5 Å². The van der Waals surface area contributed by atoms with Crippen molar-refractivity contribution < 1.29 is 24.0 Å². The minimum absolute atomic E-state index is 0.0694. The van der Waals surface area contributed by atoms with Gasteiger partial charge >= 0.3 is 5.97 Å². The van der Waals surface area contributed by atoms with Crippen LogP contribution in [0.5, 0.6) is 11.5 Å². The van der Waals surface area contributed by atoms with Crippen LogP contribution in [-0.2, 0) is 16.0 Å². The molecule has 0 aliphatic carbocycles. The molecule has 0 aliphatic heterocycles. The van der Waals surface area contributed by atoms with E-state index in [4.69, 9.17) is 9.47 Å². The third-order valence-electron chi connectivity index (χ3n) is 3.11. The maximum atomic E-state index is 11.5. The predicted octanol–water partition coefficient (Wildman–Crippen LogP) is 3.31. The van der Waals surface area contributed by atoms with Crippen molar-refractivity contribution in [3.8, 4) is 11.5 Å². The van der Waals surface area contributed by atoms with Gasteiger partial charge in [-0.15, -0.1) is 0 Å². The van der Waals surface area contributed by atoms with E-state index in [1.165, 1.54) is 12.1 Å². The lowest BCUT2D eigenvalue weighted by atomic mass is 10.1. The quantitative estimate of drug-likeness (QED) is 0.335. The standard InChI is InChI=1S/C17H15NO6/c1-2-23-17(20)9-12-4-3-5-15(8-12)24-16-7-6-14(18(21)22)10-13(16)11-19/h3-8,10-11H,2,9H2,1H3. The zero-order valence-electron chi connectivity index (χ0n) is 12.9. The van der Waals surface area contributed by atoms with E-state index in [1.807, 2.05) is 0 Å². The van der Waals surface area contributed by atoms with Gasteiger partial charge in [-0.3, -0.25) is 19.7 Å². The van der Waals surface area contributed by atoms with E-state index >= 15 is 0 Å². The molecule has 7 heteroatoms. The first-order valence-electron chi connectivity index (χ1n) is 7.19. The molecule has 0 radical (unpaired) electrons. The highest BCUT2D eigenvalue weighted by Crippen LogP contribution is 2.28. The largest absolute Gasteiger partial charge is 0.466 e. The van der Waals surface area contributed by atoms with Crippen molar-refractivity contribution in [2.24, 2.45) is 0 Å². The van der Waals surface area contributed by atoms with Crippen LogP contribution in [0.1, 0.15) is 22.8 Å². The number of carbonyl (C=O) groups is 2. The molecule has 0 aromatic heterocycles. The van der Waals surface area contributed by atoms with Crippen molar-refractivity contribution in [1.29, 1.82) is 0 Å². The van der Waals surface area contributed by atoms with E-state index in [2.05, 4.69) is 0 Å². The van der Waals surface area contributed by atoms with Gasteiger partial charge in [0.05, 0.1) is 23.5 Å². The summed E-state index contributed by atoms with van der Waals surface area (Å²) in [6.45, 7) is 2.04. The zero-order valence-corrected chi connectivity index (χ0v) is 12.9. The Morgan fingerprint density at radius 3 is 2.71 bits per heavy atom. The van der Waals surface area contributed by atoms with Crippen molar-refractivity contribution in [2.45, 2.75) is 13.3 Å². The van der Waals surface area contributed by atoms with Crippen LogP contribution in [0.4, 0.5) is 5.69 Å². The summed E-state index contributed by atoms with van der Waals surface area (Å²) in [6, 6.07) is 10.5. The minimum atomic E-state index is -0.587. The van der Waals surface area contributed by atoms with Crippen molar-refractivity contribution in [2.75, 3.05) is 6.61 Å². The summed E-state index contributed by atoms with van der Waals surface area (Å²) >= 11 is 0. The van der Waals surface area contributed by atoms with Crippen LogP contribution < -0.4 is 4.74 Å². The fraction of sp³-hybridized carbons (Fsp3) is 0.176. The summed E-state index contributed by atoms with van der Waals surface area (Å²) in [7, 11) is 0. The highest BCUT2D eigenvalue weighted by Gasteiger charge is 2.12. The SMILES string of the molecule is CCOC(=O)Cc1cccc(Oc2ccc([N+](=O)[O-])cc2C=O)c1.